The van der Waals surface area contributed by atoms with Crippen molar-refractivity contribution < 1.29 is 9.53 Å². The molecule has 7 nitrogen and oxygen atoms in total. The number of nitriles is 1. The second-order valence-electron chi connectivity index (χ2n) is 12.9. The fraction of sp³-hybridized carbons (Fsp3) is 0.457. The van der Waals surface area contributed by atoms with Gasteiger partial charge in [0.25, 0.3) is 0 Å². The Morgan fingerprint density at radius 3 is 2.69 bits per heavy atom. The summed E-state index contributed by atoms with van der Waals surface area (Å²) in [6, 6.07) is 15.8. The predicted molar refractivity (Wildman–Crippen MR) is 164 cm³/mol. The normalized spacial score (nSPS) is 23.8. The molecule has 0 N–H and O–H groups in total. The van der Waals surface area contributed by atoms with Gasteiger partial charge in [-0.15, -0.1) is 0 Å². The fourth-order valence-corrected chi connectivity index (χ4v) is 8.46. The molecule has 0 bridgehead atoms. The van der Waals surface area contributed by atoms with Gasteiger partial charge in [0.15, 0.2) is 0 Å². The van der Waals surface area contributed by atoms with E-state index in [1.807, 2.05) is 4.90 Å². The number of anilines is 1. The van der Waals surface area contributed by atoms with Crippen molar-refractivity contribution in [3.8, 4) is 23.1 Å². The van der Waals surface area contributed by atoms with Crippen LogP contribution in [0, 0.1) is 17.2 Å². The number of benzene rings is 2. The summed E-state index contributed by atoms with van der Waals surface area (Å²) in [6.45, 7) is 8.94. The SMILES string of the molecule is C=CC(=O)N1CCN(c2c(C#N)c(OCC34CCCN3CCC4)nc3cc(-c4cccc5c4C4CC4C5)ccc23)CC1. The minimum atomic E-state index is -0.0476. The lowest BCUT2D eigenvalue weighted by Gasteiger charge is -2.37. The summed E-state index contributed by atoms with van der Waals surface area (Å²) in [7, 11) is 0. The van der Waals surface area contributed by atoms with Crippen molar-refractivity contribution in [3.05, 3.63) is 65.7 Å². The highest BCUT2D eigenvalue weighted by Gasteiger charge is 2.46. The van der Waals surface area contributed by atoms with E-state index >= 15 is 0 Å². The highest BCUT2D eigenvalue weighted by Crippen LogP contribution is 2.58. The molecule has 5 aliphatic rings. The van der Waals surface area contributed by atoms with E-state index in [2.05, 4.69) is 58.8 Å². The Hall–Kier alpha value is -3.89. The number of ether oxygens (including phenoxy) is 1. The van der Waals surface area contributed by atoms with E-state index in [9.17, 15) is 10.1 Å². The lowest BCUT2D eigenvalue weighted by atomic mass is 9.93. The number of aromatic nitrogens is 1. The summed E-state index contributed by atoms with van der Waals surface area (Å²) in [6.07, 6.45) is 8.57. The number of hydrogen-bond acceptors (Lipinski definition) is 6. The third kappa shape index (κ3) is 4.03. The molecule has 214 valence electrons. The summed E-state index contributed by atoms with van der Waals surface area (Å²) in [5.41, 5.74) is 7.81. The monoisotopic (exact) mass is 559 g/mol. The minimum Gasteiger partial charge on any atom is -0.475 e. The summed E-state index contributed by atoms with van der Waals surface area (Å²) in [5.74, 6) is 1.91. The van der Waals surface area contributed by atoms with Crippen LogP contribution in [0.15, 0.2) is 49.1 Å². The van der Waals surface area contributed by atoms with Gasteiger partial charge < -0.3 is 14.5 Å². The van der Waals surface area contributed by atoms with Crippen LogP contribution in [0.25, 0.3) is 22.0 Å². The number of rotatable bonds is 6. The second kappa shape index (κ2) is 9.84. The van der Waals surface area contributed by atoms with Crippen molar-refractivity contribution in [2.24, 2.45) is 5.92 Å². The number of amides is 1. The Bertz CT molecular complexity index is 1640. The third-order valence-electron chi connectivity index (χ3n) is 10.7. The zero-order chi connectivity index (χ0) is 28.4. The van der Waals surface area contributed by atoms with Gasteiger partial charge in [-0.3, -0.25) is 9.69 Å². The van der Waals surface area contributed by atoms with Gasteiger partial charge in [0.1, 0.15) is 18.2 Å². The number of nitrogens with zero attached hydrogens (tertiary/aromatic N) is 5. The van der Waals surface area contributed by atoms with Crippen LogP contribution in [-0.2, 0) is 11.2 Å². The van der Waals surface area contributed by atoms with Crippen LogP contribution in [0.3, 0.4) is 0 Å². The highest BCUT2D eigenvalue weighted by atomic mass is 16.5. The average Bonchev–Trinajstić information content (AvgIpc) is 3.31. The van der Waals surface area contributed by atoms with Gasteiger partial charge in [0, 0.05) is 31.6 Å². The van der Waals surface area contributed by atoms with Crippen LogP contribution in [0.4, 0.5) is 5.69 Å². The predicted octanol–water partition coefficient (Wildman–Crippen LogP) is 5.27. The van der Waals surface area contributed by atoms with Crippen LogP contribution in [0.1, 0.15) is 54.7 Å². The zero-order valence-electron chi connectivity index (χ0n) is 24.1. The number of pyridine rings is 1. The van der Waals surface area contributed by atoms with Gasteiger partial charge in [0.05, 0.1) is 16.7 Å². The molecule has 2 aromatic carbocycles. The number of carbonyl (C=O) groups is 1. The molecule has 0 radical (unpaired) electrons. The van der Waals surface area contributed by atoms with Gasteiger partial charge in [-0.05, 0) is 97.8 Å². The maximum Gasteiger partial charge on any atom is 0.246 e. The molecule has 2 aliphatic carbocycles. The summed E-state index contributed by atoms with van der Waals surface area (Å²) >= 11 is 0. The molecule has 0 spiro atoms. The molecule has 2 unspecified atom stereocenters. The molecule has 4 heterocycles. The molecule has 2 atom stereocenters. The molecule has 42 heavy (non-hydrogen) atoms. The lowest BCUT2D eigenvalue weighted by molar-refractivity contribution is -0.126. The first-order chi connectivity index (χ1) is 20.6. The zero-order valence-corrected chi connectivity index (χ0v) is 24.1. The molecular formula is C35H37N5O2. The van der Waals surface area contributed by atoms with E-state index in [1.165, 1.54) is 54.0 Å². The summed E-state index contributed by atoms with van der Waals surface area (Å²) in [5, 5.41) is 11.5. The molecule has 1 saturated carbocycles. The van der Waals surface area contributed by atoms with E-state index in [1.54, 1.807) is 0 Å². The fourth-order valence-electron chi connectivity index (χ4n) is 8.46. The molecule has 3 aromatic rings. The molecule has 4 fully saturated rings. The Kier molecular flexibility index (Phi) is 6.05. The van der Waals surface area contributed by atoms with Crippen molar-refractivity contribution in [2.75, 3.05) is 50.8 Å². The van der Waals surface area contributed by atoms with Gasteiger partial charge in [-0.25, -0.2) is 4.98 Å². The van der Waals surface area contributed by atoms with Gasteiger partial charge in [-0.2, -0.15) is 5.26 Å². The average molecular weight is 560 g/mol. The molecule has 8 rings (SSSR count). The Morgan fingerprint density at radius 2 is 1.93 bits per heavy atom. The van der Waals surface area contributed by atoms with E-state index in [0.29, 0.717) is 50.1 Å². The van der Waals surface area contributed by atoms with Crippen molar-refractivity contribution in [1.82, 2.24) is 14.8 Å². The van der Waals surface area contributed by atoms with Crippen LogP contribution in [0.5, 0.6) is 5.88 Å². The first-order valence-electron chi connectivity index (χ1n) is 15.6. The van der Waals surface area contributed by atoms with Crippen LogP contribution >= 0.6 is 0 Å². The number of fused-ring (bicyclic) bond motifs is 5. The third-order valence-corrected chi connectivity index (χ3v) is 10.7. The highest BCUT2D eigenvalue weighted by molar-refractivity contribution is 5.98. The minimum absolute atomic E-state index is 0.0476. The van der Waals surface area contributed by atoms with E-state index in [4.69, 9.17) is 9.72 Å². The van der Waals surface area contributed by atoms with Crippen molar-refractivity contribution in [3.63, 3.8) is 0 Å². The summed E-state index contributed by atoms with van der Waals surface area (Å²) < 4.78 is 6.60. The van der Waals surface area contributed by atoms with Gasteiger partial charge in [0.2, 0.25) is 11.8 Å². The quantitative estimate of drug-likeness (QED) is 0.383. The van der Waals surface area contributed by atoms with Gasteiger partial charge >= 0.3 is 0 Å². The van der Waals surface area contributed by atoms with Crippen molar-refractivity contribution in [2.45, 2.75) is 50.0 Å². The maximum absolute atomic E-state index is 12.3. The molecule has 1 aromatic heterocycles. The lowest BCUT2D eigenvalue weighted by Crippen LogP contribution is -2.48. The van der Waals surface area contributed by atoms with Crippen LogP contribution in [-0.4, -0.2) is 72.1 Å². The first-order valence-corrected chi connectivity index (χ1v) is 15.6. The van der Waals surface area contributed by atoms with Crippen LogP contribution in [0.2, 0.25) is 0 Å². The topological polar surface area (TPSA) is 72.7 Å². The largest absolute Gasteiger partial charge is 0.475 e. The number of carbonyl (C=O) groups excluding carboxylic acids is 1. The molecular weight excluding hydrogens is 522 g/mol. The molecule has 7 heteroatoms. The Labute approximate surface area is 247 Å². The summed E-state index contributed by atoms with van der Waals surface area (Å²) in [4.78, 5) is 24.0. The smallest absolute Gasteiger partial charge is 0.246 e. The van der Waals surface area contributed by atoms with Crippen molar-refractivity contribution in [1.29, 1.82) is 5.26 Å². The van der Waals surface area contributed by atoms with Gasteiger partial charge in [-0.1, -0.05) is 36.9 Å². The van der Waals surface area contributed by atoms with Crippen LogP contribution < -0.4 is 9.64 Å². The standard InChI is InChI=1S/C35H37N5O2/c1-2-31(41)38-14-16-39(17-15-38)33-27-9-8-23(26-7-3-6-24-18-25-19-28(25)32(24)26)20-30(27)37-34(29(33)21-36)42-22-35-10-4-12-40(35)13-5-11-35/h2-3,6-9,20,25,28H,1,4-5,10-19,22H2. The Morgan fingerprint density at radius 1 is 1.12 bits per heavy atom. The number of hydrogen-bond donors (Lipinski definition) is 0. The first kappa shape index (κ1) is 25.8. The van der Waals surface area contributed by atoms with E-state index in [-0.39, 0.29) is 11.4 Å². The van der Waals surface area contributed by atoms with Crippen molar-refractivity contribution >= 4 is 22.5 Å². The van der Waals surface area contributed by atoms with E-state index < -0.39 is 0 Å². The maximum atomic E-state index is 12.3. The second-order valence-corrected chi connectivity index (χ2v) is 12.9. The number of piperazine rings is 1. The van der Waals surface area contributed by atoms with E-state index in [0.717, 1.165) is 48.4 Å². The Balaban J connectivity index is 1.21. The molecule has 3 saturated heterocycles. The molecule has 1 amide bonds. The molecule has 3 aliphatic heterocycles.